The lowest BCUT2D eigenvalue weighted by atomic mass is 10.0. The number of hydrogen-bond acceptors (Lipinski definition) is 5. The SMILES string of the molecule is Nc1c(C=[NH2+])cc(NC(=O)C(=O)NCCCN2CCCC2=O)cc1-c1cc2ccccc2s1. The molecule has 1 aromatic heterocycles. The lowest BCUT2D eigenvalue weighted by molar-refractivity contribution is -0.136. The first kappa shape index (κ1) is 22.5. The number of fused-ring (bicyclic) bond motifs is 1. The maximum Gasteiger partial charge on any atom is 0.313 e. The van der Waals surface area contributed by atoms with E-state index in [1.807, 2.05) is 30.3 Å². The second kappa shape index (κ2) is 9.83. The predicted molar refractivity (Wildman–Crippen MR) is 131 cm³/mol. The zero-order valence-electron chi connectivity index (χ0n) is 18.1. The fraction of sp³-hybridized carbons (Fsp3) is 0.250. The molecule has 0 atom stereocenters. The van der Waals surface area contributed by atoms with Crippen LogP contribution in [0.2, 0.25) is 0 Å². The maximum atomic E-state index is 12.4. The lowest BCUT2D eigenvalue weighted by Crippen LogP contribution is -2.37. The molecule has 33 heavy (non-hydrogen) atoms. The van der Waals surface area contributed by atoms with Crippen LogP contribution in [-0.2, 0) is 14.4 Å². The lowest BCUT2D eigenvalue weighted by Gasteiger charge is -2.15. The summed E-state index contributed by atoms with van der Waals surface area (Å²) in [7, 11) is 0. The Kier molecular flexibility index (Phi) is 6.69. The third-order valence-corrected chi connectivity index (χ3v) is 6.76. The van der Waals surface area contributed by atoms with Gasteiger partial charge in [-0.05, 0) is 42.5 Å². The van der Waals surface area contributed by atoms with E-state index in [9.17, 15) is 14.4 Å². The summed E-state index contributed by atoms with van der Waals surface area (Å²) in [5.74, 6) is -1.37. The molecule has 4 rings (SSSR count). The molecular formula is C24H26N5O3S+. The van der Waals surface area contributed by atoms with Crippen molar-refractivity contribution in [3.05, 3.63) is 48.0 Å². The number of anilines is 2. The minimum Gasteiger partial charge on any atom is -0.398 e. The van der Waals surface area contributed by atoms with Crippen molar-refractivity contribution in [1.29, 1.82) is 0 Å². The van der Waals surface area contributed by atoms with Crippen LogP contribution in [0.3, 0.4) is 0 Å². The van der Waals surface area contributed by atoms with Crippen LogP contribution in [0, 0.1) is 0 Å². The first-order chi connectivity index (χ1) is 16.0. The van der Waals surface area contributed by atoms with Crippen LogP contribution in [0.5, 0.6) is 0 Å². The van der Waals surface area contributed by atoms with Crippen molar-refractivity contribution in [2.24, 2.45) is 0 Å². The summed E-state index contributed by atoms with van der Waals surface area (Å²) in [6, 6.07) is 13.4. The molecule has 1 saturated heterocycles. The van der Waals surface area contributed by atoms with Crippen LogP contribution in [-0.4, -0.2) is 48.5 Å². The molecule has 3 aromatic rings. The fourth-order valence-corrected chi connectivity index (χ4v) is 4.98. The Morgan fingerprint density at radius 3 is 2.73 bits per heavy atom. The molecule has 2 heterocycles. The molecule has 1 fully saturated rings. The molecule has 170 valence electrons. The molecule has 0 spiro atoms. The van der Waals surface area contributed by atoms with Crippen LogP contribution in [0.15, 0.2) is 42.5 Å². The van der Waals surface area contributed by atoms with Gasteiger partial charge in [-0.2, -0.15) is 0 Å². The number of thiophene rings is 1. The van der Waals surface area contributed by atoms with Crippen LogP contribution < -0.4 is 21.8 Å². The van der Waals surface area contributed by atoms with Gasteiger partial charge < -0.3 is 21.3 Å². The Morgan fingerprint density at radius 1 is 1.18 bits per heavy atom. The first-order valence-electron chi connectivity index (χ1n) is 10.8. The number of carbonyl (C=O) groups is 3. The Bertz CT molecular complexity index is 1200. The predicted octanol–water partition coefficient (Wildman–Crippen LogP) is 1.40. The van der Waals surface area contributed by atoms with E-state index in [4.69, 9.17) is 11.1 Å². The van der Waals surface area contributed by atoms with Gasteiger partial charge in [-0.1, -0.05) is 18.2 Å². The highest BCUT2D eigenvalue weighted by Gasteiger charge is 2.20. The van der Waals surface area contributed by atoms with Gasteiger partial charge in [-0.3, -0.25) is 19.8 Å². The van der Waals surface area contributed by atoms with Crippen molar-refractivity contribution in [3.8, 4) is 10.4 Å². The van der Waals surface area contributed by atoms with E-state index in [0.29, 0.717) is 42.9 Å². The molecule has 9 heteroatoms. The number of nitrogens with two attached hydrogens (primary N) is 2. The second-order valence-electron chi connectivity index (χ2n) is 7.89. The van der Waals surface area contributed by atoms with Gasteiger partial charge >= 0.3 is 11.8 Å². The molecule has 0 aliphatic carbocycles. The van der Waals surface area contributed by atoms with Crippen molar-refractivity contribution >= 4 is 56.7 Å². The number of amides is 3. The van der Waals surface area contributed by atoms with Crippen molar-refractivity contribution in [2.75, 3.05) is 30.7 Å². The fourth-order valence-electron chi connectivity index (χ4n) is 3.88. The molecule has 1 aliphatic rings. The highest BCUT2D eigenvalue weighted by atomic mass is 32.1. The third kappa shape index (κ3) is 5.04. The molecule has 1 aliphatic heterocycles. The number of carbonyl (C=O) groups excluding carboxylic acids is 3. The number of hydrogen-bond donors (Lipinski definition) is 4. The number of nitrogens with zero attached hydrogens (tertiary/aromatic N) is 1. The van der Waals surface area contributed by atoms with Crippen LogP contribution in [0.1, 0.15) is 24.8 Å². The monoisotopic (exact) mass is 464 g/mol. The van der Waals surface area contributed by atoms with E-state index in [2.05, 4.69) is 10.6 Å². The molecule has 6 N–H and O–H groups in total. The van der Waals surface area contributed by atoms with E-state index < -0.39 is 11.8 Å². The van der Waals surface area contributed by atoms with Gasteiger partial charge in [0.2, 0.25) is 5.91 Å². The van der Waals surface area contributed by atoms with Gasteiger partial charge in [0.25, 0.3) is 0 Å². The Morgan fingerprint density at radius 2 is 2.00 bits per heavy atom. The van der Waals surface area contributed by atoms with Crippen molar-refractivity contribution < 1.29 is 19.8 Å². The molecule has 0 saturated carbocycles. The van der Waals surface area contributed by atoms with Crippen molar-refractivity contribution in [2.45, 2.75) is 19.3 Å². The number of nitrogen functional groups attached to an aromatic ring is 1. The molecular weight excluding hydrogens is 438 g/mol. The van der Waals surface area contributed by atoms with Crippen LogP contribution in [0.4, 0.5) is 11.4 Å². The van der Waals surface area contributed by atoms with Crippen LogP contribution >= 0.6 is 11.3 Å². The summed E-state index contributed by atoms with van der Waals surface area (Å²) in [5.41, 5.74) is 8.56. The number of benzene rings is 2. The van der Waals surface area contributed by atoms with Gasteiger partial charge in [-0.25, -0.2) is 0 Å². The summed E-state index contributed by atoms with van der Waals surface area (Å²) in [4.78, 5) is 39.0. The van der Waals surface area contributed by atoms with Gasteiger partial charge in [0, 0.05) is 46.9 Å². The van der Waals surface area contributed by atoms with E-state index in [0.717, 1.165) is 33.5 Å². The van der Waals surface area contributed by atoms with E-state index >= 15 is 0 Å². The summed E-state index contributed by atoms with van der Waals surface area (Å²) in [6.07, 6.45) is 3.43. The zero-order valence-corrected chi connectivity index (χ0v) is 18.9. The highest BCUT2D eigenvalue weighted by molar-refractivity contribution is 7.22. The Balaban J connectivity index is 1.43. The van der Waals surface area contributed by atoms with E-state index in [1.54, 1.807) is 28.4 Å². The minimum absolute atomic E-state index is 0.143. The molecule has 3 amide bonds. The second-order valence-corrected chi connectivity index (χ2v) is 8.97. The topological polar surface area (TPSA) is 130 Å². The number of likely N-dealkylation sites (tertiary alicyclic amines) is 1. The number of rotatable bonds is 7. The van der Waals surface area contributed by atoms with Gasteiger partial charge in [0.15, 0.2) is 6.21 Å². The largest absolute Gasteiger partial charge is 0.398 e. The molecule has 2 aromatic carbocycles. The number of nitrogens with one attached hydrogen (secondary N) is 2. The molecule has 0 unspecified atom stereocenters. The Labute approximate surface area is 195 Å². The normalized spacial score (nSPS) is 13.3. The summed E-state index contributed by atoms with van der Waals surface area (Å²) in [5, 5.41) is 12.1. The van der Waals surface area contributed by atoms with Gasteiger partial charge in [0.1, 0.15) is 0 Å². The summed E-state index contributed by atoms with van der Waals surface area (Å²) >= 11 is 1.59. The first-order valence-corrected chi connectivity index (χ1v) is 11.6. The third-order valence-electron chi connectivity index (χ3n) is 5.61. The van der Waals surface area contributed by atoms with Gasteiger partial charge in [-0.15, -0.1) is 11.3 Å². The van der Waals surface area contributed by atoms with Crippen molar-refractivity contribution in [3.63, 3.8) is 0 Å². The van der Waals surface area contributed by atoms with E-state index in [1.165, 1.54) is 6.21 Å². The van der Waals surface area contributed by atoms with Gasteiger partial charge in [0.05, 0.1) is 11.3 Å². The van der Waals surface area contributed by atoms with Crippen molar-refractivity contribution in [1.82, 2.24) is 10.2 Å². The maximum absolute atomic E-state index is 12.4. The zero-order chi connectivity index (χ0) is 23.4. The standard InChI is InChI=1S/C24H25N5O3S/c25-14-16-11-17(13-18(22(16)26)20-12-15-5-1-2-6-19(15)33-20)28-24(32)23(31)27-8-4-10-29-9-3-7-21(29)30/h1-2,5-6,11-14,25H,3-4,7-10,26H2,(H,27,31)(H,28,32)/p+1. The smallest absolute Gasteiger partial charge is 0.313 e. The highest BCUT2D eigenvalue weighted by Crippen LogP contribution is 2.38. The Hall–Kier alpha value is -3.72. The van der Waals surface area contributed by atoms with Crippen LogP contribution in [0.25, 0.3) is 20.5 Å². The molecule has 0 radical (unpaired) electrons. The van der Waals surface area contributed by atoms with E-state index in [-0.39, 0.29) is 5.91 Å². The average molecular weight is 465 g/mol. The average Bonchev–Trinajstić information content (AvgIpc) is 3.43. The minimum atomic E-state index is -0.776. The summed E-state index contributed by atoms with van der Waals surface area (Å²) in [6.45, 7) is 1.65. The molecule has 0 bridgehead atoms. The quantitative estimate of drug-likeness (QED) is 0.182. The summed E-state index contributed by atoms with van der Waals surface area (Å²) < 4.78 is 1.12. The molecule has 8 nitrogen and oxygen atoms in total.